The van der Waals surface area contributed by atoms with Gasteiger partial charge in [0.05, 0.1) is 21.7 Å². The molecule has 3 aromatic carbocycles. The maximum absolute atomic E-state index is 13.6. The first-order valence-corrected chi connectivity index (χ1v) is 13.2. The number of sulfonamides is 1. The Labute approximate surface area is 209 Å². The van der Waals surface area contributed by atoms with E-state index in [1.54, 1.807) is 17.0 Å². The number of nitrogens with zero attached hydrogens (tertiary/aromatic N) is 3. The van der Waals surface area contributed by atoms with Gasteiger partial charge in [0.25, 0.3) is 5.91 Å². The fourth-order valence-electron chi connectivity index (χ4n) is 3.60. The van der Waals surface area contributed by atoms with Crippen molar-refractivity contribution in [3.8, 4) is 0 Å². The van der Waals surface area contributed by atoms with Crippen molar-refractivity contribution in [2.24, 2.45) is 0 Å². The molecule has 1 aromatic heterocycles. The van der Waals surface area contributed by atoms with Crippen LogP contribution in [0.4, 0.5) is 5.13 Å². The molecular weight excluding hydrogens is 478 g/mol. The van der Waals surface area contributed by atoms with E-state index in [1.165, 1.54) is 39.9 Å². The van der Waals surface area contributed by atoms with Crippen molar-refractivity contribution in [2.75, 3.05) is 18.0 Å². The number of fused-ring (bicyclic) bond motifs is 1. The molecular formula is C27H25N3O3S2. The van der Waals surface area contributed by atoms with Crippen LogP contribution >= 0.6 is 11.3 Å². The first-order valence-electron chi connectivity index (χ1n) is 11.0. The summed E-state index contributed by atoms with van der Waals surface area (Å²) in [5, 5.41) is 0.583. The zero-order valence-electron chi connectivity index (χ0n) is 19.1. The molecule has 178 valence electrons. The van der Waals surface area contributed by atoms with Gasteiger partial charge in [0.15, 0.2) is 5.13 Å². The van der Waals surface area contributed by atoms with E-state index in [2.05, 4.69) is 18.1 Å². The molecule has 0 N–H and O–H groups in total. The Hall–Kier alpha value is -3.59. The molecule has 8 heteroatoms. The highest BCUT2D eigenvalue weighted by atomic mass is 32.2. The van der Waals surface area contributed by atoms with Crippen molar-refractivity contribution in [1.82, 2.24) is 9.29 Å². The average Bonchev–Trinajstić information content (AvgIpc) is 3.31. The minimum Gasteiger partial charge on any atom is -0.279 e. The Balaban J connectivity index is 1.67. The Morgan fingerprint density at radius 2 is 1.51 bits per heavy atom. The van der Waals surface area contributed by atoms with Gasteiger partial charge in [-0.2, -0.15) is 4.31 Å². The van der Waals surface area contributed by atoms with Crippen LogP contribution in [0.3, 0.4) is 0 Å². The summed E-state index contributed by atoms with van der Waals surface area (Å²) in [7, 11) is -3.75. The predicted molar refractivity (Wildman–Crippen MR) is 142 cm³/mol. The van der Waals surface area contributed by atoms with Crippen molar-refractivity contribution in [3.05, 3.63) is 115 Å². The van der Waals surface area contributed by atoms with Gasteiger partial charge < -0.3 is 0 Å². The van der Waals surface area contributed by atoms with E-state index in [1.807, 2.05) is 54.6 Å². The Morgan fingerprint density at radius 3 is 2.14 bits per heavy atom. The third-order valence-electron chi connectivity index (χ3n) is 5.35. The van der Waals surface area contributed by atoms with Crippen LogP contribution in [0.15, 0.2) is 109 Å². The Morgan fingerprint density at radius 1 is 0.886 bits per heavy atom. The number of rotatable bonds is 10. The van der Waals surface area contributed by atoms with Crippen LogP contribution in [-0.4, -0.2) is 36.7 Å². The summed E-state index contributed by atoms with van der Waals surface area (Å²) in [6, 6.07) is 23.4. The van der Waals surface area contributed by atoms with Gasteiger partial charge >= 0.3 is 0 Å². The molecule has 0 unspecified atom stereocenters. The zero-order chi connectivity index (χ0) is 24.8. The standard InChI is InChI=1S/C27H25N3O3S2/c1-3-18-29(19-4-2)35(32,33)23-16-14-22(15-17-23)26(31)30(20-21-10-6-5-7-11-21)27-28-24-12-8-9-13-25(24)34-27/h3-17H,1-2,18-20H2. The molecule has 0 bridgehead atoms. The van der Waals surface area contributed by atoms with Gasteiger partial charge in [0.1, 0.15) is 0 Å². The van der Waals surface area contributed by atoms with E-state index in [0.717, 1.165) is 15.8 Å². The topological polar surface area (TPSA) is 70.6 Å². The number of para-hydroxylation sites is 1. The van der Waals surface area contributed by atoms with E-state index < -0.39 is 10.0 Å². The smallest absolute Gasteiger partial charge is 0.260 e. The zero-order valence-corrected chi connectivity index (χ0v) is 20.7. The van der Waals surface area contributed by atoms with Crippen molar-refractivity contribution >= 4 is 42.6 Å². The highest BCUT2D eigenvalue weighted by Gasteiger charge is 2.25. The van der Waals surface area contributed by atoms with Crippen LogP contribution in [0, 0.1) is 0 Å². The number of thiazole rings is 1. The van der Waals surface area contributed by atoms with E-state index >= 15 is 0 Å². The number of carbonyl (C=O) groups excluding carboxylic acids is 1. The molecule has 0 saturated heterocycles. The van der Waals surface area contributed by atoms with Crippen molar-refractivity contribution in [3.63, 3.8) is 0 Å². The molecule has 0 aliphatic heterocycles. The fourth-order valence-corrected chi connectivity index (χ4v) is 5.95. The Bertz CT molecular complexity index is 1400. The summed E-state index contributed by atoms with van der Waals surface area (Å²) in [5.41, 5.74) is 2.16. The number of hydrogen-bond donors (Lipinski definition) is 0. The van der Waals surface area contributed by atoms with Crippen LogP contribution < -0.4 is 4.90 Å². The van der Waals surface area contributed by atoms with Crippen molar-refractivity contribution < 1.29 is 13.2 Å². The van der Waals surface area contributed by atoms with Gasteiger partial charge in [-0.05, 0) is 42.0 Å². The lowest BCUT2D eigenvalue weighted by molar-refractivity contribution is 0.0985. The highest BCUT2D eigenvalue weighted by Crippen LogP contribution is 2.31. The number of carbonyl (C=O) groups is 1. The third-order valence-corrected chi connectivity index (χ3v) is 8.25. The number of aromatic nitrogens is 1. The molecule has 35 heavy (non-hydrogen) atoms. The normalized spacial score (nSPS) is 11.5. The maximum atomic E-state index is 13.6. The van der Waals surface area contributed by atoms with E-state index in [0.29, 0.717) is 17.2 Å². The van der Waals surface area contributed by atoms with Crippen LogP contribution in [0.2, 0.25) is 0 Å². The van der Waals surface area contributed by atoms with Crippen molar-refractivity contribution in [2.45, 2.75) is 11.4 Å². The number of anilines is 1. The monoisotopic (exact) mass is 503 g/mol. The van der Waals surface area contributed by atoms with Crippen LogP contribution in [0.1, 0.15) is 15.9 Å². The van der Waals surface area contributed by atoms with Crippen LogP contribution in [0.5, 0.6) is 0 Å². The molecule has 1 heterocycles. The summed E-state index contributed by atoms with van der Waals surface area (Å²) in [6.45, 7) is 7.93. The highest BCUT2D eigenvalue weighted by molar-refractivity contribution is 7.89. The summed E-state index contributed by atoms with van der Waals surface area (Å²) in [6.07, 6.45) is 3.05. The molecule has 0 atom stereocenters. The largest absolute Gasteiger partial charge is 0.279 e. The quantitative estimate of drug-likeness (QED) is 0.268. The van der Waals surface area contributed by atoms with Gasteiger partial charge in [-0.25, -0.2) is 13.4 Å². The summed E-state index contributed by atoms with van der Waals surface area (Å²) < 4.78 is 28.3. The van der Waals surface area contributed by atoms with Gasteiger partial charge in [-0.1, -0.05) is 66.0 Å². The SMILES string of the molecule is C=CCN(CC=C)S(=O)(=O)c1ccc(C(=O)N(Cc2ccccc2)c2nc3ccccc3s2)cc1. The second-order valence-corrected chi connectivity index (χ2v) is 10.7. The van der Waals surface area contributed by atoms with Gasteiger partial charge in [0.2, 0.25) is 10.0 Å². The van der Waals surface area contributed by atoms with Crippen LogP contribution in [-0.2, 0) is 16.6 Å². The summed E-state index contributed by atoms with van der Waals surface area (Å²) in [5.74, 6) is -0.258. The van der Waals surface area contributed by atoms with Crippen LogP contribution in [0.25, 0.3) is 10.2 Å². The van der Waals surface area contributed by atoms with Crippen molar-refractivity contribution in [1.29, 1.82) is 0 Å². The third kappa shape index (κ3) is 5.40. The lowest BCUT2D eigenvalue weighted by Crippen LogP contribution is -2.32. The molecule has 0 saturated carbocycles. The number of benzene rings is 3. The first-order chi connectivity index (χ1) is 16.9. The van der Waals surface area contributed by atoms with Gasteiger partial charge in [-0.3, -0.25) is 9.69 Å². The fraction of sp³-hybridized carbons (Fsp3) is 0.111. The molecule has 0 aliphatic rings. The Kier molecular flexibility index (Phi) is 7.55. The molecule has 0 aliphatic carbocycles. The molecule has 0 fully saturated rings. The predicted octanol–water partition coefficient (Wildman–Crippen LogP) is 5.51. The average molecular weight is 504 g/mol. The first kappa shape index (κ1) is 24.5. The number of hydrogen-bond acceptors (Lipinski definition) is 5. The molecule has 0 radical (unpaired) electrons. The summed E-state index contributed by atoms with van der Waals surface area (Å²) in [4.78, 5) is 20.0. The van der Waals surface area contributed by atoms with E-state index in [-0.39, 0.29) is 23.9 Å². The van der Waals surface area contributed by atoms with E-state index in [4.69, 9.17) is 0 Å². The maximum Gasteiger partial charge on any atom is 0.260 e. The lowest BCUT2D eigenvalue weighted by Gasteiger charge is -2.21. The second kappa shape index (κ2) is 10.8. The molecule has 6 nitrogen and oxygen atoms in total. The van der Waals surface area contributed by atoms with E-state index in [9.17, 15) is 13.2 Å². The molecule has 0 spiro atoms. The molecule has 1 amide bonds. The molecule has 4 aromatic rings. The number of amides is 1. The lowest BCUT2D eigenvalue weighted by atomic mass is 10.1. The summed E-state index contributed by atoms with van der Waals surface area (Å²) >= 11 is 1.44. The minimum absolute atomic E-state index is 0.104. The van der Waals surface area contributed by atoms with Gasteiger partial charge in [0, 0.05) is 18.7 Å². The van der Waals surface area contributed by atoms with Gasteiger partial charge in [-0.15, -0.1) is 13.2 Å². The molecule has 4 rings (SSSR count). The second-order valence-electron chi connectivity index (χ2n) is 7.76. The minimum atomic E-state index is -3.75.